The van der Waals surface area contributed by atoms with Crippen LogP contribution in [0.25, 0.3) is 11.1 Å². The lowest BCUT2D eigenvalue weighted by atomic mass is 10.2. The van der Waals surface area contributed by atoms with Crippen molar-refractivity contribution in [2.24, 2.45) is 0 Å². The molecule has 0 spiro atoms. The Bertz CT molecular complexity index is 659. The molecule has 18 heavy (non-hydrogen) atoms. The molecule has 0 bridgehead atoms. The highest BCUT2D eigenvalue weighted by Crippen LogP contribution is 2.24. The number of ether oxygens (including phenoxy) is 1. The van der Waals surface area contributed by atoms with E-state index < -0.39 is 18.0 Å². The van der Waals surface area contributed by atoms with Crippen LogP contribution < -0.4 is 10.7 Å². The standard InChI is InChI=1S/C11H10N2O5/c14-5-7-4-13(11(16)17-7)6-1-2-8-9(3-6)18-10(15)12-8/h1-3,7,14H,4-5H2,(H,12,15). The molecule has 1 aromatic heterocycles. The van der Waals surface area contributed by atoms with Crippen LogP contribution in [-0.2, 0) is 4.74 Å². The Kier molecular flexibility index (Phi) is 2.34. The minimum Gasteiger partial charge on any atom is -0.441 e. The zero-order valence-electron chi connectivity index (χ0n) is 9.25. The number of aromatic amines is 1. The number of benzene rings is 1. The fourth-order valence-corrected chi connectivity index (χ4v) is 1.93. The van der Waals surface area contributed by atoms with E-state index >= 15 is 0 Å². The average molecular weight is 250 g/mol. The molecule has 1 aromatic carbocycles. The summed E-state index contributed by atoms with van der Waals surface area (Å²) >= 11 is 0. The van der Waals surface area contributed by atoms with Gasteiger partial charge in [0.25, 0.3) is 0 Å². The Morgan fingerprint density at radius 3 is 3.00 bits per heavy atom. The number of anilines is 1. The normalized spacial score (nSPS) is 19.5. The van der Waals surface area contributed by atoms with Gasteiger partial charge in [0.15, 0.2) is 5.58 Å². The molecule has 7 heteroatoms. The van der Waals surface area contributed by atoms with Gasteiger partial charge in [0.2, 0.25) is 0 Å². The van der Waals surface area contributed by atoms with Crippen molar-refractivity contribution < 1.29 is 19.1 Å². The van der Waals surface area contributed by atoms with Gasteiger partial charge in [-0.05, 0) is 12.1 Å². The van der Waals surface area contributed by atoms with E-state index in [0.29, 0.717) is 16.8 Å². The van der Waals surface area contributed by atoms with Gasteiger partial charge in [-0.15, -0.1) is 0 Å². The highest BCUT2D eigenvalue weighted by Gasteiger charge is 2.31. The predicted octanol–water partition coefficient (Wildman–Crippen LogP) is 0.439. The smallest absolute Gasteiger partial charge is 0.417 e. The molecule has 1 unspecified atom stereocenters. The van der Waals surface area contributed by atoms with Crippen molar-refractivity contribution in [3.05, 3.63) is 28.7 Å². The largest absolute Gasteiger partial charge is 0.441 e. The lowest BCUT2D eigenvalue weighted by Crippen LogP contribution is -2.25. The van der Waals surface area contributed by atoms with E-state index in [2.05, 4.69) is 4.98 Å². The van der Waals surface area contributed by atoms with Crippen LogP contribution in [0.2, 0.25) is 0 Å². The summed E-state index contributed by atoms with van der Waals surface area (Å²) in [6, 6.07) is 4.90. The summed E-state index contributed by atoms with van der Waals surface area (Å²) in [4.78, 5) is 26.5. The molecule has 1 fully saturated rings. The lowest BCUT2D eigenvalue weighted by molar-refractivity contribution is 0.0963. The van der Waals surface area contributed by atoms with Crippen LogP contribution in [0.15, 0.2) is 27.4 Å². The van der Waals surface area contributed by atoms with Crippen LogP contribution in [0.5, 0.6) is 0 Å². The van der Waals surface area contributed by atoms with E-state index in [1.165, 1.54) is 4.90 Å². The zero-order valence-corrected chi connectivity index (χ0v) is 9.25. The van der Waals surface area contributed by atoms with E-state index in [1.807, 2.05) is 0 Å². The number of aromatic nitrogens is 1. The van der Waals surface area contributed by atoms with Crippen LogP contribution in [0.1, 0.15) is 0 Å². The Morgan fingerprint density at radius 2 is 2.28 bits per heavy atom. The summed E-state index contributed by atoms with van der Waals surface area (Å²) in [6.07, 6.45) is -1.04. The number of H-pyrrole nitrogens is 1. The maximum atomic E-state index is 11.6. The third-order valence-electron chi connectivity index (χ3n) is 2.79. The van der Waals surface area contributed by atoms with Gasteiger partial charge >= 0.3 is 11.8 Å². The number of fused-ring (bicyclic) bond motifs is 1. The van der Waals surface area contributed by atoms with Crippen LogP contribution in [0.3, 0.4) is 0 Å². The number of aliphatic hydroxyl groups excluding tert-OH is 1. The minimum atomic E-state index is -0.542. The molecule has 7 nitrogen and oxygen atoms in total. The number of nitrogens with one attached hydrogen (secondary N) is 1. The summed E-state index contributed by atoms with van der Waals surface area (Å²) in [5, 5.41) is 8.95. The third-order valence-corrected chi connectivity index (χ3v) is 2.79. The summed E-state index contributed by atoms with van der Waals surface area (Å²) < 4.78 is 9.85. The van der Waals surface area contributed by atoms with E-state index in [-0.39, 0.29) is 13.2 Å². The van der Waals surface area contributed by atoms with Crippen molar-refractivity contribution in [1.82, 2.24) is 4.98 Å². The Balaban J connectivity index is 1.99. The van der Waals surface area contributed by atoms with Gasteiger partial charge in [0.05, 0.1) is 24.4 Å². The van der Waals surface area contributed by atoms with Gasteiger partial charge in [-0.3, -0.25) is 9.88 Å². The molecule has 1 aliphatic rings. The predicted molar refractivity (Wildman–Crippen MR) is 61.5 cm³/mol. The van der Waals surface area contributed by atoms with Gasteiger partial charge in [-0.25, -0.2) is 9.59 Å². The maximum absolute atomic E-state index is 11.6. The zero-order chi connectivity index (χ0) is 12.7. The molecular formula is C11H10N2O5. The summed E-state index contributed by atoms with van der Waals surface area (Å²) in [7, 11) is 0. The quantitative estimate of drug-likeness (QED) is 0.806. The molecule has 3 rings (SSSR count). The number of hydrogen-bond acceptors (Lipinski definition) is 5. The van der Waals surface area contributed by atoms with Gasteiger partial charge in [-0.2, -0.15) is 0 Å². The third kappa shape index (κ3) is 1.65. The van der Waals surface area contributed by atoms with Crippen molar-refractivity contribution in [1.29, 1.82) is 0 Å². The molecule has 2 aromatic rings. The average Bonchev–Trinajstić information content (AvgIpc) is 2.89. The Hall–Kier alpha value is -2.28. The van der Waals surface area contributed by atoms with Crippen molar-refractivity contribution in [3.63, 3.8) is 0 Å². The number of rotatable bonds is 2. The van der Waals surface area contributed by atoms with Gasteiger partial charge in [0.1, 0.15) is 6.10 Å². The summed E-state index contributed by atoms with van der Waals surface area (Å²) in [6.45, 7) is 0.0548. The maximum Gasteiger partial charge on any atom is 0.417 e. The molecule has 1 atom stereocenters. The summed E-state index contributed by atoms with van der Waals surface area (Å²) in [5.74, 6) is -0.542. The second kappa shape index (κ2) is 3.88. The molecule has 1 amide bonds. The Labute approximate surface area is 101 Å². The van der Waals surface area contributed by atoms with Crippen molar-refractivity contribution in [3.8, 4) is 0 Å². The van der Waals surface area contributed by atoms with Crippen LogP contribution >= 0.6 is 0 Å². The van der Waals surface area contributed by atoms with Crippen molar-refractivity contribution in [2.75, 3.05) is 18.1 Å². The molecule has 1 aliphatic heterocycles. The molecule has 94 valence electrons. The van der Waals surface area contributed by atoms with E-state index in [0.717, 1.165) is 0 Å². The second-order valence-corrected chi connectivity index (χ2v) is 3.99. The summed E-state index contributed by atoms with van der Waals surface area (Å²) in [5.41, 5.74) is 1.50. The number of oxazole rings is 1. The van der Waals surface area contributed by atoms with E-state index in [1.54, 1.807) is 18.2 Å². The first-order chi connectivity index (χ1) is 8.67. The topological polar surface area (TPSA) is 95.8 Å². The monoisotopic (exact) mass is 250 g/mol. The number of cyclic esters (lactones) is 1. The van der Waals surface area contributed by atoms with Crippen LogP contribution in [0, 0.1) is 0 Å². The van der Waals surface area contributed by atoms with Crippen LogP contribution in [0.4, 0.5) is 10.5 Å². The molecule has 2 N–H and O–H groups in total. The molecule has 2 heterocycles. The number of aliphatic hydroxyl groups is 1. The number of carbonyl (C=O) groups is 1. The number of hydrogen-bond donors (Lipinski definition) is 2. The number of carbonyl (C=O) groups excluding carboxylic acids is 1. The van der Waals surface area contributed by atoms with Gasteiger partial charge < -0.3 is 14.3 Å². The second-order valence-electron chi connectivity index (χ2n) is 3.99. The molecule has 0 aliphatic carbocycles. The molecule has 0 radical (unpaired) electrons. The number of amides is 1. The lowest BCUT2D eigenvalue weighted by Gasteiger charge is -2.12. The first-order valence-electron chi connectivity index (χ1n) is 5.39. The van der Waals surface area contributed by atoms with Crippen molar-refractivity contribution >= 4 is 22.9 Å². The fourth-order valence-electron chi connectivity index (χ4n) is 1.93. The first kappa shape index (κ1) is 10.8. The van der Waals surface area contributed by atoms with E-state index in [9.17, 15) is 9.59 Å². The minimum absolute atomic E-state index is 0.219. The highest BCUT2D eigenvalue weighted by molar-refractivity contribution is 5.92. The molecular weight excluding hydrogens is 240 g/mol. The first-order valence-corrected chi connectivity index (χ1v) is 5.39. The molecule has 1 saturated heterocycles. The van der Waals surface area contributed by atoms with Gasteiger partial charge in [0, 0.05) is 6.07 Å². The Morgan fingerprint density at radius 1 is 1.44 bits per heavy atom. The molecule has 0 saturated carbocycles. The van der Waals surface area contributed by atoms with E-state index in [4.69, 9.17) is 14.3 Å². The fraction of sp³-hybridized carbons (Fsp3) is 0.273. The van der Waals surface area contributed by atoms with Crippen LogP contribution in [-0.4, -0.2) is 35.4 Å². The van der Waals surface area contributed by atoms with Crippen molar-refractivity contribution in [2.45, 2.75) is 6.10 Å². The SMILES string of the molecule is O=C1OC(CO)CN1c1ccc2[nH]c(=O)oc2c1. The van der Waals surface area contributed by atoms with Gasteiger partial charge in [-0.1, -0.05) is 0 Å². The highest BCUT2D eigenvalue weighted by atomic mass is 16.6. The number of nitrogens with zero attached hydrogens (tertiary/aromatic N) is 1.